The highest BCUT2D eigenvalue weighted by atomic mass is 16.5. The minimum Gasteiger partial charge on any atom is -0.443 e. The van der Waals surface area contributed by atoms with E-state index in [0.717, 1.165) is 11.5 Å². The van der Waals surface area contributed by atoms with Crippen LogP contribution in [0.15, 0.2) is 8.83 Å². The van der Waals surface area contributed by atoms with Crippen LogP contribution in [0.4, 0.5) is 0 Å². The SMILES string of the molecule is CCc1nc(C)c(C(=O)N2CCc3oc(COC)nc3C2)o1. The fourth-order valence-corrected chi connectivity index (χ4v) is 2.56. The molecule has 1 aliphatic rings. The summed E-state index contributed by atoms with van der Waals surface area (Å²) in [7, 11) is 1.59. The number of ether oxygens (including phenoxy) is 1. The van der Waals surface area contributed by atoms with Gasteiger partial charge in [0, 0.05) is 26.5 Å². The van der Waals surface area contributed by atoms with Crippen LogP contribution in [0.3, 0.4) is 0 Å². The Morgan fingerprint density at radius 3 is 2.82 bits per heavy atom. The zero-order chi connectivity index (χ0) is 15.7. The summed E-state index contributed by atoms with van der Waals surface area (Å²) in [6.07, 6.45) is 1.31. The Bertz CT molecular complexity index is 689. The van der Waals surface area contributed by atoms with E-state index in [4.69, 9.17) is 13.6 Å². The van der Waals surface area contributed by atoms with Gasteiger partial charge in [-0.05, 0) is 6.92 Å². The molecular weight excluding hydrogens is 286 g/mol. The van der Waals surface area contributed by atoms with Gasteiger partial charge in [0.1, 0.15) is 18.1 Å². The maximum atomic E-state index is 12.6. The Hall–Kier alpha value is -2.15. The number of carbonyl (C=O) groups excluding carboxylic acids is 1. The molecule has 3 heterocycles. The zero-order valence-electron chi connectivity index (χ0n) is 13.0. The number of fused-ring (bicyclic) bond motifs is 1. The second kappa shape index (κ2) is 5.92. The predicted molar refractivity (Wildman–Crippen MR) is 76.3 cm³/mol. The van der Waals surface area contributed by atoms with E-state index in [1.807, 2.05) is 6.92 Å². The third kappa shape index (κ3) is 2.64. The Morgan fingerprint density at radius 1 is 1.32 bits per heavy atom. The minimum atomic E-state index is -0.147. The lowest BCUT2D eigenvalue weighted by molar-refractivity contribution is 0.0692. The molecule has 0 bridgehead atoms. The summed E-state index contributed by atoms with van der Waals surface area (Å²) in [4.78, 5) is 22.9. The highest BCUT2D eigenvalue weighted by Gasteiger charge is 2.29. The molecule has 7 heteroatoms. The van der Waals surface area contributed by atoms with Crippen LogP contribution in [0, 0.1) is 6.92 Å². The minimum absolute atomic E-state index is 0.147. The molecule has 1 aliphatic heterocycles. The Kier molecular flexibility index (Phi) is 3.98. The van der Waals surface area contributed by atoms with Crippen LogP contribution < -0.4 is 0 Å². The number of methoxy groups -OCH3 is 1. The van der Waals surface area contributed by atoms with Gasteiger partial charge < -0.3 is 18.5 Å². The van der Waals surface area contributed by atoms with Crippen molar-refractivity contribution in [3.05, 3.63) is 34.7 Å². The second-order valence-corrected chi connectivity index (χ2v) is 5.26. The van der Waals surface area contributed by atoms with Gasteiger partial charge in [0.15, 0.2) is 5.89 Å². The molecule has 0 atom stereocenters. The van der Waals surface area contributed by atoms with Crippen molar-refractivity contribution in [3.63, 3.8) is 0 Å². The Morgan fingerprint density at radius 2 is 2.14 bits per heavy atom. The maximum absolute atomic E-state index is 12.6. The first-order valence-electron chi connectivity index (χ1n) is 7.34. The molecule has 0 aliphatic carbocycles. The van der Waals surface area contributed by atoms with E-state index in [0.29, 0.717) is 55.8 Å². The van der Waals surface area contributed by atoms with E-state index in [9.17, 15) is 4.79 Å². The lowest BCUT2D eigenvalue weighted by atomic mass is 10.1. The maximum Gasteiger partial charge on any atom is 0.291 e. The van der Waals surface area contributed by atoms with Crippen LogP contribution in [-0.2, 0) is 30.7 Å². The molecule has 22 heavy (non-hydrogen) atoms. The molecule has 7 nitrogen and oxygen atoms in total. The van der Waals surface area contributed by atoms with Gasteiger partial charge in [-0.2, -0.15) is 0 Å². The average molecular weight is 305 g/mol. The summed E-state index contributed by atoms with van der Waals surface area (Å²) in [6.45, 7) is 5.07. The molecule has 0 saturated heterocycles. The number of aryl methyl sites for hydroxylation is 2. The number of hydrogen-bond donors (Lipinski definition) is 0. The van der Waals surface area contributed by atoms with Gasteiger partial charge in [-0.25, -0.2) is 9.97 Å². The number of amides is 1. The number of aromatic nitrogens is 2. The zero-order valence-corrected chi connectivity index (χ0v) is 13.0. The van der Waals surface area contributed by atoms with Crippen molar-refractivity contribution in [1.29, 1.82) is 0 Å². The largest absolute Gasteiger partial charge is 0.443 e. The van der Waals surface area contributed by atoms with Crippen molar-refractivity contribution < 1.29 is 18.4 Å². The van der Waals surface area contributed by atoms with E-state index >= 15 is 0 Å². The van der Waals surface area contributed by atoms with Crippen molar-refractivity contribution in [2.75, 3.05) is 13.7 Å². The molecule has 0 spiro atoms. The predicted octanol–water partition coefficient (Wildman–Crippen LogP) is 1.88. The van der Waals surface area contributed by atoms with E-state index in [1.54, 1.807) is 18.9 Å². The standard InChI is InChI=1S/C15H19N3O4/c1-4-12-16-9(2)14(22-12)15(19)18-6-5-11-10(7-18)17-13(21-11)8-20-3/h4-8H2,1-3H3. The smallest absolute Gasteiger partial charge is 0.291 e. The average Bonchev–Trinajstić information content (AvgIpc) is 3.08. The van der Waals surface area contributed by atoms with Gasteiger partial charge in [0.2, 0.25) is 11.7 Å². The fourth-order valence-electron chi connectivity index (χ4n) is 2.56. The highest BCUT2D eigenvalue weighted by molar-refractivity contribution is 5.92. The summed E-state index contributed by atoms with van der Waals surface area (Å²) in [5.74, 6) is 2.14. The third-order valence-corrected chi connectivity index (χ3v) is 3.66. The quantitative estimate of drug-likeness (QED) is 0.858. The molecule has 0 unspecified atom stereocenters. The summed E-state index contributed by atoms with van der Waals surface area (Å²) in [6, 6.07) is 0. The number of rotatable bonds is 4. The molecule has 0 aromatic carbocycles. The first-order chi connectivity index (χ1) is 10.6. The molecule has 0 radical (unpaired) electrons. The van der Waals surface area contributed by atoms with Gasteiger partial charge in [-0.3, -0.25) is 4.79 Å². The van der Waals surface area contributed by atoms with Gasteiger partial charge in [0.05, 0.1) is 12.2 Å². The number of carbonyl (C=O) groups is 1. The third-order valence-electron chi connectivity index (χ3n) is 3.66. The molecule has 2 aromatic rings. The van der Waals surface area contributed by atoms with Gasteiger partial charge in [-0.1, -0.05) is 6.92 Å². The monoisotopic (exact) mass is 305 g/mol. The van der Waals surface area contributed by atoms with Crippen LogP contribution in [0.25, 0.3) is 0 Å². The molecule has 1 amide bonds. The van der Waals surface area contributed by atoms with Gasteiger partial charge in [-0.15, -0.1) is 0 Å². The topological polar surface area (TPSA) is 81.6 Å². The Labute approximate surface area is 128 Å². The van der Waals surface area contributed by atoms with Crippen molar-refractivity contribution >= 4 is 5.91 Å². The summed E-state index contributed by atoms with van der Waals surface area (Å²) < 4.78 is 16.2. The Balaban J connectivity index is 1.78. The summed E-state index contributed by atoms with van der Waals surface area (Å²) >= 11 is 0. The van der Waals surface area contributed by atoms with Crippen molar-refractivity contribution in [3.8, 4) is 0 Å². The van der Waals surface area contributed by atoms with E-state index in [2.05, 4.69) is 9.97 Å². The molecule has 0 fully saturated rings. The molecule has 0 N–H and O–H groups in total. The van der Waals surface area contributed by atoms with Crippen LogP contribution in [0.1, 0.15) is 46.4 Å². The van der Waals surface area contributed by atoms with Crippen molar-refractivity contribution in [1.82, 2.24) is 14.9 Å². The second-order valence-electron chi connectivity index (χ2n) is 5.26. The van der Waals surface area contributed by atoms with Gasteiger partial charge >= 0.3 is 0 Å². The number of nitrogens with zero attached hydrogens (tertiary/aromatic N) is 3. The fraction of sp³-hybridized carbons (Fsp3) is 0.533. The highest BCUT2D eigenvalue weighted by Crippen LogP contribution is 2.23. The molecule has 0 saturated carbocycles. The number of hydrogen-bond acceptors (Lipinski definition) is 6. The van der Waals surface area contributed by atoms with Crippen LogP contribution in [-0.4, -0.2) is 34.4 Å². The molecule has 3 rings (SSSR count). The van der Waals surface area contributed by atoms with Crippen LogP contribution >= 0.6 is 0 Å². The molecule has 2 aromatic heterocycles. The first kappa shape index (κ1) is 14.8. The van der Waals surface area contributed by atoms with Crippen molar-refractivity contribution in [2.45, 2.75) is 39.8 Å². The van der Waals surface area contributed by atoms with Crippen LogP contribution in [0.5, 0.6) is 0 Å². The summed E-state index contributed by atoms with van der Waals surface area (Å²) in [5.41, 5.74) is 1.42. The molecule has 118 valence electrons. The van der Waals surface area contributed by atoms with Gasteiger partial charge in [0.25, 0.3) is 5.91 Å². The number of oxazole rings is 2. The van der Waals surface area contributed by atoms with Crippen LogP contribution in [0.2, 0.25) is 0 Å². The lowest BCUT2D eigenvalue weighted by Gasteiger charge is -2.24. The van der Waals surface area contributed by atoms with E-state index < -0.39 is 0 Å². The van der Waals surface area contributed by atoms with E-state index in [1.165, 1.54) is 0 Å². The normalized spacial score (nSPS) is 14.2. The van der Waals surface area contributed by atoms with E-state index in [-0.39, 0.29) is 5.91 Å². The summed E-state index contributed by atoms with van der Waals surface area (Å²) in [5, 5.41) is 0. The first-order valence-corrected chi connectivity index (χ1v) is 7.34. The lowest BCUT2D eigenvalue weighted by Crippen LogP contribution is -2.36. The molecular formula is C15H19N3O4. The van der Waals surface area contributed by atoms with Crippen molar-refractivity contribution in [2.24, 2.45) is 0 Å².